The van der Waals surface area contributed by atoms with E-state index in [1.165, 1.54) is 0 Å². The average molecular weight is 536 g/mol. The molecule has 3 N–H and O–H groups in total. The molecule has 0 saturated carbocycles. The predicted octanol–water partition coefficient (Wildman–Crippen LogP) is -1.81. The summed E-state index contributed by atoms with van der Waals surface area (Å²) in [5.74, 6) is 0. The third kappa shape index (κ3) is 16.8. The summed E-state index contributed by atoms with van der Waals surface area (Å²) in [6.45, 7) is 0. The Morgan fingerprint density at radius 3 is 0.480 bits per heavy atom. The molecule has 0 saturated heterocycles. The van der Waals surface area contributed by atoms with Crippen LogP contribution in [-0.2, 0) is 30.4 Å². The molecule has 0 aliphatic carbocycles. The Hall–Kier alpha value is 0.905. The van der Waals surface area contributed by atoms with E-state index in [4.69, 9.17) is 38.9 Å². The van der Waals surface area contributed by atoms with Gasteiger partial charge in [-0.25, -0.2) is 0 Å². The molecule has 0 radical (unpaired) electrons. The molecule has 0 aromatic rings. The molecule has 0 amide bonds. The van der Waals surface area contributed by atoms with Crippen molar-refractivity contribution in [2.45, 2.75) is 16.5 Å². The van der Waals surface area contributed by atoms with Crippen molar-refractivity contribution in [2.75, 3.05) is 0 Å². The third-order valence-corrected chi connectivity index (χ3v) is 2.63. The average Bonchev–Trinajstić information content (AvgIpc) is 2.08. The maximum Gasteiger partial charge on any atom is 1.00 e. The van der Waals surface area contributed by atoms with E-state index in [2.05, 4.69) is 0 Å². The van der Waals surface area contributed by atoms with E-state index in [9.17, 15) is 39.5 Å². The first-order chi connectivity index (χ1) is 9.75. The van der Waals surface area contributed by atoms with E-state index in [-0.39, 0.29) is 58.2 Å². The molecule has 0 aromatic heterocycles. The minimum Gasteiger partial charge on any atom is -0.279 e. The van der Waals surface area contributed by atoms with Crippen molar-refractivity contribution >= 4 is 30.4 Å². The Morgan fingerprint density at radius 2 is 0.480 bits per heavy atom. The van der Waals surface area contributed by atoms with Crippen molar-refractivity contribution in [3.05, 3.63) is 0 Å². The topological polar surface area (TPSA) is 163 Å². The van der Waals surface area contributed by atoms with Crippen molar-refractivity contribution < 1.29 is 137 Å². The standard InChI is InChI=1S/3CHF3O3S.Rb/c3*2-1(3,4)8(5,6)7;/h3*(H,5,6,7);/q;;;+1. The van der Waals surface area contributed by atoms with Gasteiger partial charge in [0.05, 0.1) is 0 Å². The van der Waals surface area contributed by atoms with Gasteiger partial charge in [-0.2, -0.15) is 64.8 Å². The number of hydrogen-bond acceptors (Lipinski definition) is 6. The molecule has 150 valence electrons. The Bertz CT molecular complexity index is 596. The zero-order chi connectivity index (χ0) is 21.0. The molecule has 0 atom stereocenters. The summed E-state index contributed by atoms with van der Waals surface area (Å²) in [7, 11) is -17.5. The molecule has 0 rings (SSSR count). The normalized spacial score (nSPS) is 13.4. The van der Waals surface area contributed by atoms with E-state index in [1.807, 2.05) is 0 Å². The molecule has 0 heterocycles. The SMILES string of the molecule is O=S(=O)(O)C(F)(F)F.O=S(=O)(O)C(F)(F)F.O=S(=O)(O)C(F)(F)F.[Rb+]. The van der Waals surface area contributed by atoms with Gasteiger partial charge < -0.3 is 0 Å². The molecule has 0 spiro atoms. The molecule has 0 aliphatic heterocycles. The van der Waals surface area contributed by atoms with Crippen molar-refractivity contribution in [3.8, 4) is 0 Å². The van der Waals surface area contributed by atoms with Crippen LogP contribution < -0.4 is 58.2 Å². The number of alkyl halides is 9. The largest absolute Gasteiger partial charge is 1.00 e. The Morgan fingerprint density at radius 1 is 0.440 bits per heavy atom. The smallest absolute Gasteiger partial charge is 0.279 e. The van der Waals surface area contributed by atoms with Crippen LogP contribution in [0.15, 0.2) is 0 Å². The van der Waals surface area contributed by atoms with Gasteiger partial charge in [0.15, 0.2) is 0 Å². The van der Waals surface area contributed by atoms with Crippen LogP contribution in [0.4, 0.5) is 39.5 Å². The summed E-state index contributed by atoms with van der Waals surface area (Å²) in [6.07, 6.45) is 0. The first-order valence-corrected chi connectivity index (χ1v) is 8.18. The van der Waals surface area contributed by atoms with Gasteiger partial charge in [0, 0.05) is 0 Å². The zero-order valence-corrected chi connectivity index (χ0v) is 18.3. The molecule has 25 heavy (non-hydrogen) atoms. The summed E-state index contributed by atoms with van der Waals surface area (Å²) >= 11 is 0. The van der Waals surface area contributed by atoms with Crippen LogP contribution in [-0.4, -0.2) is 55.4 Å². The zero-order valence-electron chi connectivity index (χ0n) is 10.9. The fraction of sp³-hybridized carbons (Fsp3) is 1.00. The van der Waals surface area contributed by atoms with E-state index in [0.717, 1.165) is 0 Å². The van der Waals surface area contributed by atoms with Crippen LogP contribution in [0.5, 0.6) is 0 Å². The van der Waals surface area contributed by atoms with E-state index in [0.29, 0.717) is 0 Å². The van der Waals surface area contributed by atoms with Gasteiger partial charge in [-0.15, -0.1) is 0 Å². The van der Waals surface area contributed by atoms with Gasteiger partial charge in [0.1, 0.15) is 0 Å². The molecule has 0 fully saturated rings. The Balaban J connectivity index is -0.000000130. The van der Waals surface area contributed by atoms with Crippen molar-refractivity contribution in [1.29, 1.82) is 0 Å². The van der Waals surface area contributed by atoms with E-state index < -0.39 is 46.9 Å². The Labute approximate surface area is 181 Å². The molecular formula is C3H3F9O9RbS3+. The fourth-order valence-corrected chi connectivity index (χ4v) is 0. The number of rotatable bonds is 0. The molecule has 0 aromatic carbocycles. The van der Waals surface area contributed by atoms with Gasteiger partial charge in [-0.3, -0.25) is 13.7 Å². The van der Waals surface area contributed by atoms with Crippen molar-refractivity contribution in [3.63, 3.8) is 0 Å². The van der Waals surface area contributed by atoms with Crippen LogP contribution in [0, 0.1) is 0 Å². The molecule has 0 unspecified atom stereocenters. The van der Waals surface area contributed by atoms with Crippen molar-refractivity contribution in [2.24, 2.45) is 0 Å². The van der Waals surface area contributed by atoms with Gasteiger partial charge >= 0.3 is 105 Å². The quantitative estimate of drug-likeness (QED) is 0.184. The predicted molar refractivity (Wildman–Crippen MR) is 52.8 cm³/mol. The number of hydrogen-bond donors (Lipinski definition) is 3. The maximum absolute atomic E-state index is 10.7. The second-order valence-corrected chi connectivity index (χ2v) is 7.00. The van der Waals surface area contributed by atoms with Gasteiger partial charge in [-0.1, -0.05) is 0 Å². The summed E-state index contributed by atoms with van der Waals surface area (Å²) in [5, 5.41) is 0. The third-order valence-electron chi connectivity index (χ3n) is 0.877. The fourth-order valence-electron chi connectivity index (χ4n) is 0. The molecule has 0 aliphatic rings. The second kappa shape index (κ2) is 10.4. The summed E-state index contributed by atoms with van der Waals surface area (Å²) in [5.41, 5.74) is -16.6. The maximum atomic E-state index is 10.7. The molecule has 22 heteroatoms. The van der Waals surface area contributed by atoms with E-state index in [1.54, 1.807) is 0 Å². The minimum absolute atomic E-state index is 0. The van der Waals surface area contributed by atoms with Gasteiger partial charge in [0.25, 0.3) is 0 Å². The summed E-state index contributed by atoms with van der Waals surface area (Å²) < 4.78 is 173. The van der Waals surface area contributed by atoms with Crippen molar-refractivity contribution in [1.82, 2.24) is 0 Å². The van der Waals surface area contributed by atoms with Crippen LogP contribution >= 0.6 is 0 Å². The minimum atomic E-state index is -5.84. The van der Waals surface area contributed by atoms with Crippen LogP contribution in [0.25, 0.3) is 0 Å². The molecule has 9 nitrogen and oxygen atoms in total. The Kier molecular flexibility index (Phi) is 14.0. The van der Waals surface area contributed by atoms with Gasteiger partial charge in [0.2, 0.25) is 0 Å². The first kappa shape index (κ1) is 33.5. The van der Waals surface area contributed by atoms with Crippen LogP contribution in [0.3, 0.4) is 0 Å². The monoisotopic (exact) mass is 535 g/mol. The van der Waals surface area contributed by atoms with E-state index >= 15 is 0 Å². The summed E-state index contributed by atoms with van der Waals surface area (Å²) in [6, 6.07) is 0. The summed E-state index contributed by atoms with van der Waals surface area (Å²) in [4.78, 5) is 0. The van der Waals surface area contributed by atoms with Crippen LogP contribution in [0.1, 0.15) is 0 Å². The number of halogens is 9. The molecule has 0 bridgehead atoms. The van der Waals surface area contributed by atoms with Crippen LogP contribution in [0.2, 0.25) is 0 Å². The van der Waals surface area contributed by atoms with Gasteiger partial charge in [-0.05, 0) is 0 Å². The second-order valence-electron chi connectivity index (χ2n) is 2.76. The first-order valence-electron chi connectivity index (χ1n) is 3.86. The molecular weight excluding hydrogens is 533 g/mol.